The molecule has 30 heavy (non-hydrogen) atoms. The third-order valence-electron chi connectivity index (χ3n) is 3.93. The van der Waals surface area contributed by atoms with Gasteiger partial charge in [0.1, 0.15) is 17.2 Å². The zero-order valence-corrected chi connectivity index (χ0v) is 17.8. The van der Waals surface area contributed by atoms with E-state index in [2.05, 4.69) is 20.8 Å². The van der Waals surface area contributed by atoms with Gasteiger partial charge in [-0.3, -0.25) is 4.79 Å². The van der Waals surface area contributed by atoms with Crippen molar-refractivity contribution >= 4 is 23.4 Å². The molecule has 10 heteroatoms. The molecule has 158 valence electrons. The molecule has 0 atom stereocenters. The van der Waals surface area contributed by atoms with Crippen LogP contribution in [0.2, 0.25) is 0 Å². The molecule has 0 saturated heterocycles. The number of hydrogen-bond donors (Lipinski definition) is 1. The molecule has 0 radical (unpaired) electrons. The topological polar surface area (TPSA) is 100 Å². The van der Waals surface area contributed by atoms with Gasteiger partial charge < -0.3 is 19.5 Å². The molecule has 0 spiro atoms. The van der Waals surface area contributed by atoms with Gasteiger partial charge in [0.2, 0.25) is 11.1 Å². The first-order chi connectivity index (χ1) is 14.6. The Balaban J connectivity index is 1.67. The summed E-state index contributed by atoms with van der Waals surface area (Å²) < 4.78 is 17.8. The van der Waals surface area contributed by atoms with E-state index in [9.17, 15) is 4.79 Å². The number of nitrogens with one attached hydrogen (secondary N) is 1. The highest BCUT2D eigenvalue weighted by atomic mass is 32.2. The minimum absolute atomic E-state index is 0.126. The molecule has 1 heterocycles. The number of benzene rings is 2. The summed E-state index contributed by atoms with van der Waals surface area (Å²) in [6.45, 7) is 4.81. The fraction of sp³-hybridized carbons (Fsp3) is 0.300. The van der Waals surface area contributed by atoms with Crippen molar-refractivity contribution in [3.63, 3.8) is 0 Å². The van der Waals surface area contributed by atoms with Crippen LogP contribution in [0.3, 0.4) is 0 Å². The van der Waals surface area contributed by atoms with Crippen molar-refractivity contribution in [3.05, 3.63) is 42.5 Å². The Morgan fingerprint density at radius 2 is 1.80 bits per heavy atom. The molecule has 0 bridgehead atoms. The highest BCUT2D eigenvalue weighted by Crippen LogP contribution is 2.30. The van der Waals surface area contributed by atoms with E-state index in [0.717, 1.165) is 11.4 Å². The lowest BCUT2D eigenvalue weighted by molar-refractivity contribution is -0.113. The van der Waals surface area contributed by atoms with Gasteiger partial charge in [0.25, 0.3) is 0 Å². The maximum absolute atomic E-state index is 12.5. The van der Waals surface area contributed by atoms with Crippen LogP contribution in [-0.4, -0.2) is 52.2 Å². The zero-order chi connectivity index (χ0) is 21.3. The average Bonchev–Trinajstić information content (AvgIpc) is 3.23. The van der Waals surface area contributed by atoms with E-state index in [0.29, 0.717) is 35.6 Å². The molecule has 0 saturated carbocycles. The second-order valence-corrected chi connectivity index (χ2v) is 6.87. The second kappa shape index (κ2) is 10.5. The van der Waals surface area contributed by atoms with Crippen LogP contribution in [0.25, 0.3) is 5.69 Å². The van der Waals surface area contributed by atoms with Crippen LogP contribution in [0.5, 0.6) is 17.2 Å². The summed E-state index contributed by atoms with van der Waals surface area (Å²) in [5.74, 6) is 1.90. The first-order valence-electron chi connectivity index (χ1n) is 9.39. The quantitative estimate of drug-likeness (QED) is 0.491. The number of hydrogen-bond acceptors (Lipinski definition) is 8. The van der Waals surface area contributed by atoms with Gasteiger partial charge in [-0.15, -0.1) is 5.10 Å². The minimum atomic E-state index is -0.209. The highest BCUT2D eigenvalue weighted by Gasteiger charge is 2.14. The van der Waals surface area contributed by atoms with E-state index >= 15 is 0 Å². The standard InChI is InChI=1S/C20H23N5O4S/c1-4-28-16-10-11-18(29-5-2)17(12-16)21-19(26)13-30-20-22-23-24-25(20)14-6-8-15(27-3)9-7-14/h6-12H,4-5,13H2,1-3H3,(H,21,26). The van der Waals surface area contributed by atoms with Gasteiger partial charge in [0.05, 0.1) is 37.5 Å². The molecule has 0 aliphatic heterocycles. The van der Waals surface area contributed by atoms with Crippen LogP contribution < -0.4 is 19.5 Å². The molecule has 0 fully saturated rings. The SMILES string of the molecule is CCOc1ccc(OCC)c(NC(=O)CSc2nnnn2-c2ccc(OC)cc2)c1. The molecule has 1 N–H and O–H groups in total. The van der Waals surface area contributed by atoms with E-state index in [-0.39, 0.29) is 11.7 Å². The number of rotatable bonds is 10. The number of amides is 1. The van der Waals surface area contributed by atoms with Crippen LogP contribution in [0.1, 0.15) is 13.8 Å². The summed E-state index contributed by atoms with van der Waals surface area (Å²) in [4.78, 5) is 12.5. The first kappa shape index (κ1) is 21.4. The Morgan fingerprint density at radius 1 is 1.07 bits per heavy atom. The lowest BCUT2D eigenvalue weighted by Gasteiger charge is -2.13. The smallest absolute Gasteiger partial charge is 0.234 e. The van der Waals surface area contributed by atoms with E-state index in [1.807, 2.05) is 44.2 Å². The van der Waals surface area contributed by atoms with Gasteiger partial charge in [-0.05, 0) is 60.7 Å². The number of anilines is 1. The Kier molecular flexibility index (Phi) is 7.50. The van der Waals surface area contributed by atoms with E-state index < -0.39 is 0 Å². The molecule has 3 aromatic rings. The largest absolute Gasteiger partial charge is 0.497 e. The van der Waals surface area contributed by atoms with Crippen LogP contribution in [0, 0.1) is 0 Å². The predicted molar refractivity (Wildman–Crippen MR) is 114 cm³/mol. The van der Waals surface area contributed by atoms with Crippen LogP contribution in [-0.2, 0) is 4.79 Å². The molecule has 0 unspecified atom stereocenters. The molecule has 2 aromatic carbocycles. The summed E-state index contributed by atoms with van der Waals surface area (Å²) in [6.07, 6.45) is 0. The molecule has 0 aliphatic carbocycles. The van der Waals surface area contributed by atoms with Crippen molar-refractivity contribution in [2.75, 3.05) is 31.4 Å². The number of carbonyl (C=O) groups is 1. The molecule has 3 rings (SSSR count). The van der Waals surface area contributed by atoms with Gasteiger partial charge >= 0.3 is 0 Å². The fourth-order valence-electron chi connectivity index (χ4n) is 2.62. The number of ether oxygens (including phenoxy) is 3. The second-order valence-electron chi connectivity index (χ2n) is 5.93. The maximum Gasteiger partial charge on any atom is 0.234 e. The van der Waals surface area contributed by atoms with Gasteiger partial charge in [-0.2, -0.15) is 4.68 Å². The molecule has 0 aliphatic rings. The summed E-state index contributed by atoms with van der Waals surface area (Å²) in [7, 11) is 1.60. The molecule has 1 amide bonds. The molecular weight excluding hydrogens is 406 g/mol. The van der Waals surface area contributed by atoms with Crippen molar-refractivity contribution < 1.29 is 19.0 Å². The number of tetrazole rings is 1. The third kappa shape index (κ3) is 5.41. The highest BCUT2D eigenvalue weighted by molar-refractivity contribution is 7.99. The summed E-state index contributed by atoms with van der Waals surface area (Å²) in [5, 5.41) is 15.1. The van der Waals surface area contributed by atoms with Crippen molar-refractivity contribution in [3.8, 4) is 22.9 Å². The zero-order valence-electron chi connectivity index (χ0n) is 17.0. The Labute approximate surface area is 178 Å². The minimum Gasteiger partial charge on any atom is -0.497 e. The maximum atomic E-state index is 12.5. The Morgan fingerprint density at radius 3 is 2.50 bits per heavy atom. The van der Waals surface area contributed by atoms with Crippen molar-refractivity contribution in [2.24, 2.45) is 0 Å². The van der Waals surface area contributed by atoms with E-state index in [1.54, 1.807) is 23.9 Å². The van der Waals surface area contributed by atoms with Crippen LogP contribution in [0.15, 0.2) is 47.6 Å². The van der Waals surface area contributed by atoms with Crippen LogP contribution >= 0.6 is 11.8 Å². The number of aromatic nitrogens is 4. The monoisotopic (exact) mass is 429 g/mol. The number of nitrogens with zero attached hydrogens (tertiary/aromatic N) is 4. The van der Waals surface area contributed by atoms with Crippen molar-refractivity contribution in [1.29, 1.82) is 0 Å². The van der Waals surface area contributed by atoms with Gasteiger partial charge in [-0.25, -0.2) is 0 Å². The molecule has 9 nitrogen and oxygen atoms in total. The normalized spacial score (nSPS) is 10.5. The Hall–Kier alpha value is -3.27. The predicted octanol–water partition coefficient (Wildman–Crippen LogP) is 3.20. The Bertz CT molecular complexity index is 978. The van der Waals surface area contributed by atoms with E-state index in [4.69, 9.17) is 14.2 Å². The molecule has 1 aromatic heterocycles. The van der Waals surface area contributed by atoms with Gasteiger partial charge in [0, 0.05) is 6.07 Å². The van der Waals surface area contributed by atoms with Gasteiger partial charge in [0.15, 0.2) is 0 Å². The lowest BCUT2D eigenvalue weighted by Crippen LogP contribution is -2.15. The summed E-state index contributed by atoms with van der Waals surface area (Å²) in [5.41, 5.74) is 1.33. The number of methoxy groups -OCH3 is 1. The van der Waals surface area contributed by atoms with Gasteiger partial charge in [-0.1, -0.05) is 11.8 Å². The lowest BCUT2D eigenvalue weighted by atomic mass is 10.2. The summed E-state index contributed by atoms with van der Waals surface area (Å²) in [6, 6.07) is 12.7. The van der Waals surface area contributed by atoms with Crippen molar-refractivity contribution in [1.82, 2.24) is 20.2 Å². The summed E-state index contributed by atoms with van der Waals surface area (Å²) >= 11 is 1.23. The van der Waals surface area contributed by atoms with E-state index in [1.165, 1.54) is 11.8 Å². The first-order valence-corrected chi connectivity index (χ1v) is 10.4. The average molecular weight is 430 g/mol. The third-order valence-corrected chi connectivity index (χ3v) is 4.85. The fourth-order valence-corrected chi connectivity index (χ4v) is 3.31. The number of thioether (sulfide) groups is 1. The van der Waals surface area contributed by atoms with Crippen molar-refractivity contribution in [2.45, 2.75) is 19.0 Å². The van der Waals surface area contributed by atoms with Crippen LogP contribution in [0.4, 0.5) is 5.69 Å². The number of carbonyl (C=O) groups excluding carboxylic acids is 1. The molecular formula is C20H23N5O4S.